The van der Waals surface area contributed by atoms with Crippen LogP contribution in [0.4, 0.5) is 13.2 Å². The van der Waals surface area contributed by atoms with Gasteiger partial charge in [0.1, 0.15) is 63.6 Å². The van der Waals surface area contributed by atoms with Gasteiger partial charge in [0.2, 0.25) is 5.75 Å². The number of ether oxygens (including phenoxy) is 7. The minimum absolute atomic E-state index is 0.0447. The molecule has 6 aromatic carbocycles. The van der Waals surface area contributed by atoms with Crippen LogP contribution in [0.15, 0.2) is 179 Å². The van der Waals surface area contributed by atoms with Crippen molar-refractivity contribution < 1.29 is 90.0 Å². The molecule has 0 aliphatic heterocycles. The first kappa shape index (κ1) is 80.9. The molecule has 0 saturated carbocycles. The largest absolute Gasteiger partial charge is 0.497 e. The summed E-state index contributed by atoms with van der Waals surface area (Å²) in [5.74, 6) is 1.50. The van der Waals surface area contributed by atoms with Crippen LogP contribution in [0.3, 0.4) is 0 Å². The van der Waals surface area contributed by atoms with Crippen molar-refractivity contribution in [3.63, 3.8) is 0 Å². The van der Waals surface area contributed by atoms with Gasteiger partial charge in [-0.25, -0.2) is 13.2 Å². The molecule has 18 nitrogen and oxygen atoms in total. The Labute approximate surface area is 637 Å². The Morgan fingerprint density at radius 3 is 1.22 bits per heavy atom. The number of hydrogen-bond acceptors (Lipinski definition) is 18. The van der Waals surface area contributed by atoms with E-state index in [1.54, 1.807) is 97.7 Å². The fourth-order valence-corrected chi connectivity index (χ4v) is 13.9. The number of pyridine rings is 2. The maximum Gasteiger partial charge on any atom is 0.496 e. The number of Topliss-reactive ketones (excluding diaryl/α,β-unsaturated/α-hetero) is 3. The van der Waals surface area contributed by atoms with Crippen LogP contribution in [0.5, 0.6) is 40.2 Å². The van der Waals surface area contributed by atoms with E-state index < -0.39 is 14.2 Å². The van der Waals surface area contributed by atoms with E-state index in [1.165, 1.54) is 79.1 Å². The third kappa shape index (κ3) is 19.4. The fourth-order valence-electron chi connectivity index (χ4n) is 13.9. The molecule has 3 heterocycles. The van der Waals surface area contributed by atoms with Crippen molar-refractivity contribution in [2.75, 3.05) is 42.7 Å². The van der Waals surface area contributed by atoms with E-state index in [2.05, 4.69) is 9.97 Å². The molecule has 3 aromatic heterocycles. The van der Waals surface area contributed by atoms with Gasteiger partial charge in [0.25, 0.3) is 0 Å². The third-order valence-corrected chi connectivity index (χ3v) is 19.2. The summed E-state index contributed by atoms with van der Waals surface area (Å²) in [6.45, 7) is 7.80. The predicted molar refractivity (Wildman–Crippen MR) is 420 cm³/mol. The van der Waals surface area contributed by atoms with E-state index in [0.717, 1.165) is 100 Å². The number of aromatic nitrogens is 2. The van der Waals surface area contributed by atoms with Gasteiger partial charge in [-0.1, -0.05) is 37.3 Å². The molecular formula is C87H85B2F3N2O16. The second-order valence-electron chi connectivity index (χ2n) is 26.4. The summed E-state index contributed by atoms with van der Waals surface area (Å²) in [4.78, 5) is 58.3. The van der Waals surface area contributed by atoms with Crippen LogP contribution in [-0.4, -0.2) is 110 Å². The average Bonchev–Trinajstić information content (AvgIpc) is 1.74. The van der Waals surface area contributed by atoms with E-state index in [-0.39, 0.29) is 99.7 Å². The molecule has 110 heavy (non-hydrogen) atoms. The molecule has 566 valence electrons. The highest BCUT2D eigenvalue weighted by molar-refractivity contribution is 6.61. The molecule has 0 spiro atoms. The molecule has 3 aliphatic carbocycles. The lowest BCUT2D eigenvalue weighted by Crippen LogP contribution is -2.32. The van der Waals surface area contributed by atoms with Gasteiger partial charge < -0.3 is 57.7 Å². The maximum atomic E-state index is 14.3. The highest BCUT2D eigenvalue weighted by atomic mass is 19.1. The number of esters is 1. The van der Waals surface area contributed by atoms with Crippen molar-refractivity contribution in [1.82, 2.24) is 9.97 Å². The number of furan rings is 1. The lowest BCUT2D eigenvalue weighted by molar-refractivity contribution is -0.134. The summed E-state index contributed by atoms with van der Waals surface area (Å²) < 4.78 is 86.0. The second-order valence-corrected chi connectivity index (χ2v) is 26.4. The number of methoxy groups -OCH3 is 6. The van der Waals surface area contributed by atoms with Crippen molar-refractivity contribution in [2.45, 2.75) is 98.3 Å². The summed E-state index contributed by atoms with van der Waals surface area (Å²) in [6, 6.07) is 37.1. The number of carbonyl (C=O) groups is 4. The Morgan fingerprint density at radius 2 is 0.864 bits per heavy atom. The van der Waals surface area contributed by atoms with Gasteiger partial charge in [0.15, 0.2) is 11.5 Å². The lowest BCUT2D eigenvalue weighted by Gasteiger charge is -2.14. The zero-order valence-electron chi connectivity index (χ0n) is 62.9. The van der Waals surface area contributed by atoms with E-state index in [0.29, 0.717) is 79.8 Å². The number of benzene rings is 6. The SMILES string of the molecule is CCCC(=O)Oc1c(OC)cc(/C=C2/C(C)=C(CCC(=O)Cc3ccccn3)c3cc(F)ccc32)cc1OC.COc1cc(/C=C2/C(C)=C(CCC(=O)Cc3cccnc3)c3cc(F)ccc32)cc(OC)c1B(O)O.COc1cc(/C=C2/C(C)=C(CCC(=O)Cc3ccco3)c3cc(F)ccc32)cc(OC)c1B(O)O. The molecule has 3 aliphatic rings. The highest BCUT2D eigenvalue weighted by Gasteiger charge is 2.31. The summed E-state index contributed by atoms with van der Waals surface area (Å²) in [6.07, 6.45) is 16.5. The molecule has 0 bridgehead atoms. The van der Waals surface area contributed by atoms with Gasteiger partial charge in [-0.3, -0.25) is 29.1 Å². The van der Waals surface area contributed by atoms with Gasteiger partial charge in [0, 0.05) is 62.8 Å². The van der Waals surface area contributed by atoms with Crippen LogP contribution in [0, 0.1) is 17.5 Å². The first-order valence-electron chi connectivity index (χ1n) is 35.7. The average molecular weight is 1490 g/mol. The maximum absolute atomic E-state index is 14.3. The van der Waals surface area contributed by atoms with Crippen molar-refractivity contribution in [1.29, 1.82) is 0 Å². The van der Waals surface area contributed by atoms with Gasteiger partial charge >= 0.3 is 20.2 Å². The monoisotopic (exact) mass is 1490 g/mol. The molecule has 0 atom stereocenters. The van der Waals surface area contributed by atoms with E-state index in [9.17, 15) is 52.4 Å². The quantitative estimate of drug-likeness (QED) is 0.0193. The Hall–Kier alpha value is -11.6. The summed E-state index contributed by atoms with van der Waals surface area (Å²) in [5.41, 5.74) is 17.3. The van der Waals surface area contributed by atoms with Crippen LogP contribution in [0.2, 0.25) is 0 Å². The second kappa shape index (κ2) is 37.5. The molecule has 0 fully saturated rings. The molecule has 0 unspecified atom stereocenters. The van der Waals surface area contributed by atoms with Crippen molar-refractivity contribution in [2.24, 2.45) is 0 Å². The molecule has 0 saturated heterocycles. The van der Waals surface area contributed by atoms with Crippen LogP contribution in [0.25, 0.3) is 51.7 Å². The molecule has 4 N–H and O–H groups in total. The number of hydrogen-bond donors (Lipinski definition) is 4. The van der Waals surface area contributed by atoms with Crippen LogP contribution in [-0.2, 0) is 38.4 Å². The lowest BCUT2D eigenvalue weighted by atomic mass is 9.78. The van der Waals surface area contributed by atoms with Gasteiger partial charge in [0.05, 0.1) is 66.3 Å². The van der Waals surface area contributed by atoms with E-state index in [4.69, 9.17) is 37.6 Å². The number of ketones is 3. The zero-order valence-corrected chi connectivity index (χ0v) is 62.9. The van der Waals surface area contributed by atoms with Crippen molar-refractivity contribution in [3.05, 3.63) is 260 Å². The van der Waals surface area contributed by atoms with Crippen LogP contribution >= 0.6 is 0 Å². The topological polar surface area (TPSA) is 253 Å². The highest BCUT2D eigenvalue weighted by Crippen LogP contribution is 2.49. The normalized spacial score (nSPS) is 13.6. The Kier molecular flexibility index (Phi) is 27.6. The minimum atomic E-state index is -1.76. The van der Waals surface area contributed by atoms with Gasteiger partial charge in [-0.15, -0.1) is 0 Å². The third-order valence-electron chi connectivity index (χ3n) is 19.2. The first-order chi connectivity index (χ1) is 53.0. The first-order valence-corrected chi connectivity index (χ1v) is 35.7. The van der Waals surface area contributed by atoms with Gasteiger partial charge in [-0.05, 0) is 274 Å². The molecular weight excluding hydrogens is 1410 g/mol. The van der Waals surface area contributed by atoms with Crippen LogP contribution in [0.1, 0.15) is 146 Å². The van der Waals surface area contributed by atoms with Crippen LogP contribution < -0.4 is 44.1 Å². The van der Waals surface area contributed by atoms with E-state index in [1.807, 2.05) is 70.2 Å². The Bertz CT molecular complexity index is 5030. The predicted octanol–water partition coefficient (Wildman–Crippen LogP) is 14.7. The molecule has 23 heteroatoms. The Morgan fingerprint density at radius 1 is 0.455 bits per heavy atom. The molecule has 0 amide bonds. The number of nitrogens with zero attached hydrogens (tertiary/aromatic N) is 2. The van der Waals surface area contributed by atoms with Gasteiger partial charge in [-0.2, -0.15) is 0 Å². The fraction of sp³-hybridized carbons (Fsp3) is 0.241. The molecule has 0 radical (unpaired) electrons. The van der Waals surface area contributed by atoms with Crippen molar-refractivity contribution >= 4 is 100 Å². The number of carbonyl (C=O) groups excluding carboxylic acids is 4. The Balaban J connectivity index is 0.000000176. The smallest absolute Gasteiger partial charge is 0.496 e. The zero-order chi connectivity index (χ0) is 78.9. The van der Waals surface area contributed by atoms with Crippen molar-refractivity contribution in [3.8, 4) is 40.2 Å². The number of halogens is 3. The summed E-state index contributed by atoms with van der Waals surface area (Å²) >= 11 is 0. The molecule has 12 rings (SSSR count). The number of allylic oxidation sites excluding steroid dienone is 9. The molecule has 9 aromatic rings. The summed E-state index contributed by atoms with van der Waals surface area (Å²) in [5, 5.41) is 39.0. The number of rotatable bonds is 29. The summed E-state index contributed by atoms with van der Waals surface area (Å²) in [7, 11) is 5.24. The van der Waals surface area contributed by atoms with E-state index >= 15 is 0 Å². The standard InChI is InChI=1S/C32H32FNO5.C28H27BFNO5.C27H26BFO6/c1-5-8-31(36)39-32-29(37-3)16-21(17-30(32)38-4)15-27-20(2)25(28-18-22(33)10-12-26(27)28)13-11-24(35)19-23-9-6-7-14-34-23;1-17-22(9-7-21(32)11-18-5-4-10-31-16-18)25-15-20(30)6-8-23(25)24(17)12-19-13-26(35-2)28(29(33)34)27(14-19)36-3;1-16-21(9-7-19(30)15-20-5-4-10-35-20)24-14-18(29)6-8-22(24)23(16)11-17-12-25(33-2)27(28(31)32)26(13-17)34-3/h6-7,9-10,12,14-18H,5,8,11,13,19H2,1-4H3;4-6,8,10,12-16,33-34H,7,9,11H2,1-3H3;4-6,8,10-14,31-32H,7,9,15H2,1-3H3/b27-15-;24-12-;23-11-. The number of fused-ring (bicyclic) bond motifs is 3. The minimum Gasteiger partial charge on any atom is -0.497 e.